The van der Waals surface area contributed by atoms with Crippen LogP contribution in [0.4, 0.5) is 4.39 Å². The van der Waals surface area contributed by atoms with Gasteiger partial charge in [0, 0.05) is 6.04 Å². The molecular formula is C13H19FN2O. The van der Waals surface area contributed by atoms with Crippen LogP contribution in [0.2, 0.25) is 0 Å². The van der Waals surface area contributed by atoms with E-state index in [1.165, 1.54) is 12.1 Å². The van der Waals surface area contributed by atoms with Gasteiger partial charge >= 0.3 is 0 Å². The van der Waals surface area contributed by atoms with Crippen molar-refractivity contribution in [1.29, 1.82) is 0 Å². The average Bonchev–Trinajstić information content (AvgIpc) is 2.30. The van der Waals surface area contributed by atoms with Crippen LogP contribution in [0.15, 0.2) is 24.3 Å². The average molecular weight is 238 g/mol. The lowest BCUT2D eigenvalue weighted by Gasteiger charge is -2.17. The van der Waals surface area contributed by atoms with Crippen LogP contribution in [0.25, 0.3) is 0 Å². The molecule has 2 atom stereocenters. The smallest absolute Gasteiger partial charge is 0.237 e. The zero-order chi connectivity index (χ0) is 12.8. The minimum atomic E-state index is -0.241. The number of halogens is 1. The van der Waals surface area contributed by atoms with Crippen LogP contribution >= 0.6 is 0 Å². The van der Waals surface area contributed by atoms with E-state index in [2.05, 4.69) is 10.6 Å². The van der Waals surface area contributed by atoms with Crippen LogP contribution in [-0.2, 0) is 11.2 Å². The Hall–Kier alpha value is -1.42. The normalized spacial score (nSPS) is 14.1. The first-order valence-corrected chi connectivity index (χ1v) is 5.75. The molecule has 94 valence electrons. The molecule has 0 radical (unpaired) electrons. The Kier molecular flexibility index (Phi) is 5.10. The maximum Gasteiger partial charge on any atom is 0.237 e. The van der Waals surface area contributed by atoms with Crippen LogP contribution in [-0.4, -0.2) is 25.0 Å². The zero-order valence-corrected chi connectivity index (χ0v) is 10.5. The minimum Gasteiger partial charge on any atom is -0.352 e. The highest BCUT2D eigenvalue weighted by atomic mass is 19.1. The van der Waals surface area contributed by atoms with Crippen molar-refractivity contribution in [2.24, 2.45) is 0 Å². The predicted octanol–water partition coefficient (Wildman–Crippen LogP) is 1.48. The summed E-state index contributed by atoms with van der Waals surface area (Å²) in [5.74, 6) is -0.267. The summed E-state index contributed by atoms with van der Waals surface area (Å²) in [6, 6.07) is 6.16. The van der Waals surface area contributed by atoms with Crippen molar-refractivity contribution in [3.63, 3.8) is 0 Å². The number of carbonyl (C=O) groups is 1. The van der Waals surface area contributed by atoms with Gasteiger partial charge in [-0.1, -0.05) is 12.1 Å². The van der Waals surface area contributed by atoms with Gasteiger partial charge in [0.15, 0.2) is 0 Å². The van der Waals surface area contributed by atoms with Crippen molar-refractivity contribution in [3.8, 4) is 0 Å². The Morgan fingerprint density at radius 1 is 1.29 bits per heavy atom. The van der Waals surface area contributed by atoms with Crippen molar-refractivity contribution in [2.45, 2.75) is 32.4 Å². The Labute approximate surface area is 101 Å². The molecule has 0 saturated carbocycles. The Morgan fingerprint density at radius 3 is 2.41 bits per heavy atom. The predicted molar refractivity (Wildman–Crippen MR) is 66.2 cm³/mol. The largest absolute Gasteiger partial charge is 0.352 e. The molecule has 2 unspecified atom stereocenters. The molecule has 3 nitrogen and oxygen atoms in total. The molecule has 0 aromatic heterocycles. The third kappa shape index (κ3) is 4.53. The third-order valence-corrected chi connectivity index (χ3v) is 2.67. The fourth-order valence-electron chi connectivity index (χ4n) is 1.52. The molecule has 0 aliphatic rings. The molecule has 0 heterocycles. The lowest BCUT2D eigenvalue weighted by molar-refractivity contribution is -0.123. The van der Waals surface area contributed by atoms with Crippen molar-refractivity contribution in [1.82, 2.24) is 10.6 Å². The maximum atomic E-state index is 12.7. The topological polar surface area (TPSA) is 41.1 Å². The van der Waals surface area contributed by atoms with Gasteiger partial charge in [0.25, 0.3) is 0 Å². The summed E-state index contributed by atoms with van der Waals surface area (Å²) in [5, 5.41) is 5.78. The molecule has 1 amide bonds. The SMILES string of the molecule is CNC(C)C(=O)NC(C)Cc1ccc(F)cc1. The number of likely N-dealkylation sites (N-methyl/N-ethyl adjacent to an activating group) is 1. The van der Waals surface area contributed by atoms with Crippen molar-refractivity contribution in [2.75, 3.05) is 7.05 Å². The molecule has 0 bridgehead atoms. The maximum absolute atomic E-state index is 12.7. The molecule has 1 aromatic carbocycles. The highest BCUT2D eigenvalue weighted by Crippen LogP contribution is 2.05. The first-order valence-electron chi connectivity index (χ1n) is 5.75. The Balaban J connectivity index is 2.47. The molecule has 0 spiro atoms. The van der Waals surface area contributed by atoms with E-state index < -0.39 is 0 Å². The second-order valence-corrected chi connectivity index (χ2v) is 4.25. The fraction of sp³-hybridized carbons (Fsp3) is 0.462. The third-order valence-electron chi connectivity index (χ3n) is 2.67. The molecule has 17 heavy (non-hydrogen) atoms. The molecule has 0 aliphatic heterocycles. The molecule has 0 aliphatic carbocycles. The van der Waals surface area contributed by atoms with Crippen LogP contribution in [0.3, 0.4) is 0 Å². The summed E-state index contributed by atoms with van der Waals surface area (Å²) in [5.41, 5.74) is 1.01. The summed E-state index contributed by atoms with van der Waals surface area (Å²) in [6.45, 7) is 3.74. The number of nitrogens with one attached hydrogen (secondary N) is 2. The molecule has 1 rings (SSSR count). The summed E-state index contributed by atoms with van der Waals surface area (Å²) >= 11 is 0. The van der Waals surface area contributed by atoms with E-state index in [1.54, 1.807) is 26.1 Å². The Morgan fingerprint density at radius 2 is 1.88 bits per heavy atom. The summed E-state index contributed by atoms with van der Waals surface area (Å²) in [6.07, 6.45) is 0.697. The second-order valence-electron chi connectivity index (χ2n) is 4.25. The lowest BCUT2D eigenvalue weighted by Crippen LogP contribution is -2.44. The number of rotatable bonds is 5. The highest BCUT2D eigenvalue weighted by Gasteiger charge is 2.13. The van der Waals surface area contributed by atoms with Crippen molar-refractivity contribution in [3.05, 3.63) is 35.6 Å². The molecule has 1 aromatic rings. The van der Waals surface area contributed by atoms with E-state index in [0.717, 1.165) is 5.56 Å². The summed E-state index contributed by atoms with van der Waals surface area (Å²) in [7, 11) is 1.74. The molecule has 0 saturated heterocycles. The number of amides is 1. The first-order chi connectivity index (χ1) is 8.02. The van der Waals surface area contributed by atoms with Gasteiger partial charge < -0.3 is 10.6 Å². The summed E-state index contributed by atoms with van der Waals surface area (Å²) < 4.78 is 12.7. The van der Waals surface area contributed by atoms with Gasteiger partial charge in [-0.25, -0.2) is 4.39 Å². The molecule has 4 heteroatoms. The van der Waals surface area contributed by atoms with Gasteiger partial charge in [-0.3, -0.25) is 4.79 Å². The van der Waals surface area contributed by atoms with E-state index in [4.69, 9.17) is 0 Å². The van der Waals surface area contributed by atoms with Gasteiger partial charge in [-0.15, -0.1) is 0 Å². The van der Waals surface area contributed by atoms with E-state index in [0.29, 0.717) is 6.42 Å². The van der Waals surface area contributed by atoms with E-state index in [1.807, 2.05) is 6.92 Å². The highest BCUT2D eigenvalue weighted by molar-refractivity contribution is 5.81. The zero-order valence-electron chi connectivity index (χ0n) is 10.5. The number of hydrogen-bond donors (Lipinski definition) is 2. The van der Waals surface area contributed by atoms with E-state index in [-0.39, 0.29) is 23.8 Å². The molecule has 0 fully saturated rings. The Bertz CT molecular complexity index is 364. The second kappa shape index (κ2) is 6.35. The number of benzene rings is 1. The van der Waals surface area contributed by atoms with E-state index in [9.17, 15) is 9.18 Å². The summed E-state index contributed by atoms with van der Waals surface area (Å²) in [4.78, 5) is 11.6. The van der Waals surface area contributed by atoms with Crippen LogP contribution in [0.1, 0.15) is 19.4 Å². The van der Waals surface area contributed by atoms with Gasteiger partial charge in [-0.2, -0.15) is 0 Å². The van der Waals surface area contributed by atoms with Crippen LogP contribution in [0.5, 0.6) is 0 Å². The van der Waals surface area contributed by atoms with Gasteiger partial charge in [-0.05, 0) is 45.0 Å². The van der Waals surface area contributed by atoms with Gasteiger partial charge in [0.05, 0.1) is 6.04 Å². The van der Waals surface area contributed by atoms with Crippen molar-refractivity contribution >= 4 is 5.91 Å². The standard InChI is InChI=1S/C13H19FN2O/c1-9(16-13(17)10(2)15-3)8-11-4-6-12(14)7-5-11/h4-7,9-10,15H,8H2,1-3H3,(H,16,17). The van der Waals surface area contributed by atoms with Gasteiger partial charge in [0.1, 0.15) is 5.82 Å². The number of hydrogen-bond acceptors (Lipinski definition) is 2. The van der Waals surface area contributed by atoms with Gasteiger partial charge in [0.2, 0.25) is 5.91 Å². The lowest BCUT2D eigenvalue weighted by atomic mass is 10.1. The molecule has 2 N–H and O–H groups in total. The fourth-order valence-corrected chi connectivity index (χ4v) is 1.52. The monoisotopic (exact) mass is 238 g/mol. The van der Waals surface area contributed by atoms with Crippen molar-refractivity contribution < 1.29 is 9.18 Å². The minimum absolute atomic E-state index is 0.0258. The molecular weight excluding hydrogens is 219 g/mol. The van der Waals surface area contributed by atoms with E-state index >= 15 is 0 Å². The number of carbonyl (C=O) groups excluding carboxylic acids is 1. The van der Waals surface area contributed by atoms with Crippen LogP contribution < -0.4 is 10.6 Å². The first kappa shape index (κ1) is 13.6. The quantitative estimate of drug-likeness (QED) is 0.816. The van der Waals surface area contributed by atoms with Crippen LogP contribution in [0, 0.1) is 5.82 Å².